The second kappa shape index (κ2) is 4.41. The van der Waals surface area contributed by atoms with Gasteiger partial charge in [0.15, 0.2) is 0 Å². The van der Waals surface area contributed by atoms with Gasteiger partial charge in [-0.2, -0.15) is 0 Å². The van der Waals surface area contributed by atoms with Crippen LogP contribution >= 0.6 is 0 Å². The number of rotatable bonds is 2. The summed E-state index contributed by atoms with van der Waals surface area (Å²) >= 11 is 0. The molecule has 0 aliphatic carbocycles. The van der Waals surface area contributed by atoms with E-state index < -0.39 is 0 Å². The zero-order valence-electron chi connectivity index (χ0n) is 9.57. The predicted molar refractivity (Wildman–Crippen MR) is 64.8 cm³/mol. The molecule has 0 atom stereocenters. The highest BCUT2D eigenvalue weighted by atomic mass is 14.8. The standard InChI is InChI=1S/C13H15N3/c1-9-5-11(3-4-12(9)6-14)13-10(2)7-15-8-16-13/h3-5,7-8H,6,14H2,1-2H3. The fourth-order valence-corrected chi connectivity index (χ4v) is 1.77. The van der Waals surface area contributed by atoms with Crippen LogP contribution in [0.2, 0.25) is 0 Å². The van der Waals surface area contributed by atoms with Gasteiger partial charge in [0.05, 0.1) is 5.69 Å². The summed E-state index contributed by atoms with van der Waals surface area (Å²) in [7, 11) is 0. The number of aryl methyl sites for hydroxylation is 2. The number of aromatic nitrogens is 2. The van der Waals surface area contributed by atoms with Crippen LogP contribution in [-0.2, 0) is 6.54 Å². The molecule has 82 valence electrons. The van der Waals surface area contributed by atoms with Crippen LogP contribution in [-0.4, -0.2) is 9.97 Å². The quantitative estimate of drug-likeness (QED) is 0.832. The Kier molecular flexibility index (Phi) is 2.97. The van der Waals surface area contributed by atoms with Gasteiger partial charge in [0.1, 0.15) is 6.33 Å². The fraction of sp³-hybridized carbons (Fsp3) is 0.231. The molecule has 0 unspecified atom stereocenters. The molecule has 0 spiro atoms. The number of benzene rings is 1. The number of nitrogens with two attached hydrogens (primary N) is 1. The zero-order valence-corrected chi connectivity index (χ0v) is 9.57. The maximum atomic E-state index is 5.64. The van der Waals surface area contributed by atoms with Gasteiger partial charge in [0.2, 0.25) is 0 Å². The lowest BCUT2D eigenvalue weighted by Gasteiger charge is -2.07. The smallest absolute Gasteiger partial charge is 0.116 e. The van der Waals surface area contributed by atoms with Gasteiger partial charge < -0.3 is 5.73 Å². The first kappa shape index (κ1) is 10.8. The van der Waals surface area contributed by atoms with Crippen molar-refractivity contribution in [3.63, 3.8) is 0 Å². The summed E-state index contributed by atoms with van der Waals surface area (Å²) in [4.78, 5) is 8.30. The molecule has 1 aromatic carbocycles. The van der Waals surface area contributed by atoms with Crippen molar-refractivity contribution in [1.82, 2.24) is 9.97 Å². The lowest BCUT2D eigenvalue weighted by molar-refractivity contribution is 1.05. The highest BCUT2D eigenvalue weighted by molar-refractivity contribution is 5.63. The summed E-state index contributed by atoms with van der Waals surface area (Å²) in [5.74, 6) is 0. The maximum absolute atomic E-state index is 5.64. The summed E-state index contributed by atoms with van der Waals surface area (Å²) < 4.78 is 0. The summed E-state index contributed by atoms with van der Waals surface area (Å²) in [5.41, 5.74) is 11.2. The molecule has 3 nitrogen and oxygen atoms in total. The predicted octanol–water partition coefficient (Wildman–Crippen LogP) is 2.22. The zero-order chi connectivity index (χ0) is 11.5. The minimum atomic E-state index is 0.578. The van der Waals surface area contributed by atoms with Crippen LogP contribution in [0.25, 0.3) is 11.3 Å². The van der Waals surface area contributed by atoms with Crippen molar-refractivity contribution in [2.75, 3.05) is 0 Å². The lowest BCUT2D eigenvalue weighted by atomic mass is 10.0. The van der Waals surface area contributed by atoms with Gasteiger partial charge in [-0.3, -0.25) is 0 Å². The van der Waals surface area contributed by atoms with E-state index in [9.17, 15) is 0 Å². The second-order valence-electron chi connectivity index (χ2n) is 3.90. The highest BCUT2D eigenvalue weighted by Gasteiger charge is 2.04. The van der Waals surface area contributed by atoms with Crippen LogP contribution in [0, 0.1) is 13.8 Å². The van der Waals surface area contributed by atoms with Crippen LogP contribution in [0.15, 0.2) is 30.7 Å². The molecule has 1 aromatic heterocycles. The van der Waals surface area contributed by atoms with Crippen LogP contribution in [0.5, 0.6) is 0 Å². The molecule has 0 saturated carbocycles. The normalized spacial score (nSPS) is 10.4. The third kappa shape index (κ3) is 1.95. The molecule has 2 N–H and O–H groups in total. The third-order valence-corrected chi connectivity index (χ3v) is 2.73. The molecular formula is C13H15N3. The van der Waals surface area contributed by atoms with E-state index >= 15 is 0 Å². The van der Waals surface area contributed by atoms with E-state index in [1.807, 2.05) is 13.1 Å². The Morgan fingerprint density at radius 2 is 2.00 bits per heavy atom. The van der Waals surface area contributed by atoms with Crippen LogP contribution in [0.3, 0.4) is 0 Å². The van der Waals surface area contributed by atoms with Gasteiger partial charge in [-0.1, -0.05) is 12.1 Å². The van der Waals surface area contributed by atoms with Crippen LogP contribution in [0.4, 0.5) is 0 Å². The van der Waals surface area contributed by atoms with Crippen molar-refractivity contribution in [3.8, 4) is 11.3 Å². The molecule has 1 heterocycles. The topological polar surface area (TPSA) is 51.8 Å². The van der Waals surface area contributed by atoms with E-state index in [2.05, 4.69) is 35.1 Å². The van der Waals surface area contributed by atoms with Gasteiger partial charge in [-0.15, -0.1) is 0 Å². The Bertz CT molecular complexity index is 506. The van der Waals surface area contributed by atoms with Gasteiger partial charge in [0, 0.05) is 18.3 Å². The molecule has 0 saturated heterocycles. The van der Waals surface area contributed by atoms with Gasteiger partial charge in [0.25, 0.3) is 0 Å². The Morgan fingerprint density at radius 1 is 1.19 bits per heavy atom. The monoisotopic (exact) mass is 213 g/mol. The Labute approximate surface area is 95.4 Å². The average Bonchev–Trinajstić information content (AvgIpc) is 2.29. The van der Waals surface area contributed by atoms with Gasteiger partial charge >= 0.3 is 0 Å². The largest absolute Gasteiger partial charge is 0.326 e. The summed E-state index contributed by atoms with van der Waals surface area (Å²) in [6, 6.07) is 6.24. The summed E-state index contributed by atoms with van der Waals surface area (Å²) in [5, 5.41) is 0. The Hall–Kier alpha value is -1.74. The van der Waals surface area contributed by atoms with Gasteiger partial charge in [-0.05, 0) is 36.6 Å². The second-order valence-corrected chi connectivity index (χ2v) is 3.90. The minimum Gasteiger partial charge on any atom is -0.326 e. The number of hydrogen-bond acceptors (Lipinski definition) is 3. The van der Waals surface area contributed by atoms with Gasteiger partial charge in [-0.25, -0.2) is 9.97 Å². The molecule has 0 aliphatic rings. The van der Waals surface area contributed by atoms with Crippen molar-refractivity contribution in [2.24, 2.45) is 5.73 Å². The van der Waals surface area contributed by atoms with Crippen molar-refractivity contribution < 1.29 is 0 Å². The first-order valence-electron chi connectivity index (χ1n) is 5.29. The first-order valence-corrected chi connectivity index (χ1v) is 5.29. The molecule has 2 aromatic rings. The van der Waals surface area contributed by atoms with E-state index in [-0.39, 0.29) is 0 Å². The number of hydrogen-bond donors (Lipinski definition) is 1. The molecule has 16 heavy (non-hydrogen) atoms. The summed E-state index contributed by atoms with van der Waals surface area (Å²) in [6.07, 6.45) is 3.41. The molecule has 0 aliphatic heterocycles. The molecule has 0 amide bonds. The molecular weight excluding hydrogens is 198 g/mol. The molecule has 2 rings (SSSR count). The summed E-state index contributed by atoms with van der Waals surface area (Å²) in [6.45, 7) is 4.67. The highest BCUT2D eigenvalue weighted by Crippen LogP contribution is 2.22. The van der Waals surface area contributed by atoms with Crippen molar-refractivity contribution in [1.29, 1.82) is 0 Å². The molecule has 0 bridgehead atoms. The van der Waals surface area contributed by atoms with E-state index in [0.717, 1.165) is 16.8 Å². The van der Waals surface area contributed by atoms with Crippen LogP contribution < -0.4 is 5.73 Å². The first-order chi connectivity index (χ1) is 7.72. The van der Waals surface area contributed by atoms with E-state index in [1.165, 1.54) is 11.1 Å². The Balaban J connectivity index is 2.50. The molecule has 0 radical (unpaired) electrons. The number of nitrogens with zero attached hydrogens (tertiary/aromatic N) is 2. The maximum Gasteiger partial charge on any atom is 0.116 e. The van der Waals surface area contributed by atoms with E-state index in [0.29, 0.717) is 6.54 Å². The van der Waals surface area contributed by atoms with E-state index in [1.54, 1.807) is 6.33 Å². The van der Waals surface area contributed by atoms with E-state index in [4.69, 9.17) is 5.73 Å². The Morgan fingerprint density at radius 3 is 2.62 bits per heavy atom. The van der Waals surface area contributed by atoms with Crippen molar-refractivity contribution in [3.05, 3.63) is 47.4 Å². The fourth-order valence-electron chi connectivity index (χ4n) is 1.77. The van der Waals surface area contributed by atoms with Crippen molar-refractivity contribution >= 4 is 0 Å². The SMILES string of the molecule is Cc1cc(-c2ncncc2C)ccc1CN. The average molecular weight is 213 g/mol. The molecule has 0 fully saturated rings. The van der Waals surface area contributed by atoms with Crippen molar-refractivity contribution in [2.45, 2.75) is 20.4 Å². The minimum absolute atomic E-state index is 0.578. The third-order valence-electron chi connectivity index (χ3n) is 2.73. The lowest BCUT2D eigenvalue weighted by Crippen LogP contribution is -1.99. The van der Waals surface area contributed by atoms with Crippen LogP contribution in [0.1, 0.15) is 16.7 Å². The molecule has 3 heteroatoms.